The minimum absolute atomic E-state index is 0.0468. The Bertz CT molecular complexity index is 842. The average Bonchev–Trinajstić information content (AvgIpc) is 2.67. The van der Waals surface area contributed by atoms with E-state index in [0.29, 0.717) is 19.0 Å². The highest BCUT2D eigenvalue weighted by Gasteiger charge is 2.26. The van der Waals surface area contributed by atoms with Gasteiger partial charge in [0, 0.05) is 50.1 Å². The fourth-order valence-electron chi connectivity index (χ4n) is 3.78. The Kier molecular flexibility index (Phi) is 6.29. The van der Waals surface area contributed by atoms with E-state index in [1.807, 2.05) is 11.0 Å². The summed E-state index contributed by atoms with van der Waals surface area (Å²) in [4.78, 5) is 26.0. The maximum atomic E-state index is 12.1. The van der Waals surface area contributed by atoms with Crippen molar-refractivity contribution >= 4 is 11.7 Å². The number of amides is 1. The molecular formula is C22H30N4O2. The number of nitrogens with zero attached hydrogens (tertiary/aromatic N) is 4. The molecule has 1 aliphatic heterocycles. The van der Waals surface area contributed by atoms with E-state index >= 15 is 0 Å². The Hall–Kier alpha value is -2.47. The Balaban J connectivity index is 1.92. The van der Waals surface area contributed by atoms with Crippen LogP contribution >= 0.6 is 0 Å². The first kappa shape index (κ1) is 20.3. The van der Waals surface area contributed by atoms with Crippen LogP contribution in [0.1, 0.15) is 36.6 Å². The van der Waals surface area contributed by atoms with Gasteiger partial charge in [-0.15, -0.1) is 0 Å². The Morgan fingerprint density at radius 1 is 1.14 bits per heavy atom. The number of ether oxygens (including phenoxy) is 1. The van der Waals surface area contributed by atoms with Gasteiger partial charge in [-0.1, -0.05) is 37.6 Å². The minimum atomic E-state index is 0.0468. The zero-order chi connectivity index (χ0) is 20.3. The lowest BCUT2D eigenvalue weighted by molar-refractivity contribution is -0.135. The number of carbonyl (C=O) groups excluding carboxylic acids is 1. The molecule has 0 N–H and O–H groups in total. The van der Waals surface area contributed by atoms with E-state index < -0.39 is 0 Å². The highest BCUT2D eigenvalue weighted by molar-refractivity contribution is 5.77. The molecule has 1 amide bonds. The third kappa shape index (κ3) is 4.33. The van der Waals surface area contributed by atoms with Crippen molar-refractivity contribution in [2.24, 2.45) is 0 Å². The quantitative estimate of drug-likeness (QED) is 0.795. The predicted octanol–water partition coefficient (Wildman–Crippen LogP) is 3.18. The van der Waals surface area contributed by atoms with Crippen molar-refractivity contribution in [1.29, 1.82) is 0 Å². The second-order valence-electron chi connectivity index (χ2n) is 7.69. The van der Waals surface area contributed by atoms with Gasteiger partial charge in [0.15, 0.2) is 5.82 Å². The first-order chi connectivity index (χ1) is 13.4. The molecule has 0 saturated carbocycles. The SMILES string of the molecule is COCC(=O)N1CCN(c2nc(-c3cccc(C)c3)nc(C)c2C(C)C)CC1. The first-order valence-electron chi connectivity index (χ1n) is 9.88. The minimum Gasteiger partial charge on any atom is -0.375 e. The van der Waals surface area contributed by atoms with E-state index in [2.05, 4.69) is 50.8 Å². The van der Waals surface area contributed by atoms with Crippen LogP contribution in [-0.2, 0) is 9.53 Å². The molecule has 1 aliphatic rings. The van der Waals surface area contributed by atoms with Crippen molar-refractivity contribution in [1.82, 2.24) is 14.9 Å². The van der Waals surface area contributed by atoms with Gasteiger partial charge >= 0.3 is 0 Å². The number of hydrogen-bond acceptors (Lipinski definition) is 5. The van der Waals surface area contributed by atoms with Crippen molar-refractivity contribution in [3.63, 3.8) is 0 Å². The van der Waals surface area contributed by atoms with Crippen LogP contribution in [0.2, 0.25) is 0 Å². The smallest absolute Gasteiger partial charge is 0.248 e. The number of benzene rings is 1. The number of methoxy groups -OCH3 is 1. The maximum absolute atomic E-state index is 12.1. The zero-order valence-electron chi connectivity index (χ0n) is 17.5. The van der Waals surface area contributed by atoms with Gasteiger partial charge in [0.1, 0.15) is 12.4 Å². The molecule has 1 aromatic carbocycles. The van der Waals surface area contributed by atoms with Crippen molar-refractivity contribution in [2.75, 3.05) is 44.8 Å². The van der Waals surface area contributed by atoms with Gasteiger partial charge in [0.25, 0.3) is 0 Å². The van der Waals surface area contributed by atoms with Crippen LogP contribution < -0.4 is 4.90 Å². The summed E-state index contributed by atoms with van der Waals surface area (Å²) in [5, 5.41) is 0. The van der Waals surface area contributed by atoms with Gasteiger partial charge in [0.05, 0.1) is 0 Å². The fraction of sp³-hybridized carbons (Fsp3) is 0.500. The molecule has 2 aromatic rings. The lowest BCUT2D eigenvalue weighted by Gasteiger charge is -2.37. The van der Waals surface area contributed by atoms with Crippen LogP contribution in [0.3, 0.4) is 0 Å². The normalized spacial score (nSPS) is 14.6. The van der Waals surface area contributed by atoms with Crippen LogP contribution in [0.25, 0.3) is 11.4 Å². The molecule has 0 radical (unpaired) electrons. The average molecular weight is 383 g/mol. The third-order valence-corrected chi connectivity index (χ3v) is 5.17. The molecule has 150 valence electrons. The Morgan fingerprint density at radius 2 is 1.86 bits per heavy atom. The van der Waals surface area contributed by atoms with E-state index in [1.165, 1.54) is 11.1 Å². The van der Waals surface area contributed by atoms with Gasteiger partial charge in [-0.05, 0) is 25.8 Å². The summed E-state index contributed by atoms with van der Waals surface area (Å²) in [7, 11) is 1.56. The summed E-state index contributed by atoms with van der Waals surface area (Å²) in [5.74, 6) is 2.14. The van der Waals surface area contributed by atoms with Gasteiger partial charge in [0.2, 0.25) is 5.91 Å². The number of aromatic nitrogens is 2. The molecule has 6 nitrogen and oxygen atoms in total. The number of anilines is 1. The van der Waals surface area contributed by atoms with Crippen LogP contribution in [-0.4, -0.2) is 60.7 Å². The summed E-state index contributed by atoms with van der Waals surface area (Å²) >= 11 is 0. The van der Waals surface area contributed by atoms with E-state index in [9.17, 15) is 4.79 Å². The standard InChI is InChI=1S/C22H30N4O2/c1-15(2)20-17(4)23-21(18-8-6-7-16(3)13-18)24-22(20)26-11-9-25(10-12-26)19(27)14-28-5/h6-8,13,15H,9-12,14H2,1-5H3. The van der Waals surface area contributed by atoms with E-state index in [0.717, 1.165) is 36.0 Å². The zero-order valence-corrected chi connectivity index (χ0v) is 17.5. The monoisotopic (exact) mass is 382 g/mol. The van der Waals surface area contributed by atoms with Crippen molar-refractivity contribution in [2.45, 2.75) is 33.6 Å². The van der Waals surface area contributed by atoms with Gasteiger partial charge < -0.3 is 14.5 Å². The van der Waals surface area contributed by atoms with Crippen LogP contribution in [0, 0.1) is 13.8 Å². The molecule has 6 heteroatoms. The highest BCUT2D eigenvalue weighted by atomic mass is 16.5. The molecule has 0 spiro atoms. The number of aryl methyl sites for hydroxylation is 2. The fourth-order valence-corrected chi connectivity index (χ4v) is 3.78. The molecule has 0 atom stereocenters. The second kappa shape index (κ2) is 8.69. The summed E-state index contributed by atoms with van der Waals surface area (Å²) in [6.45, 7) is 11.5. The number of rotatable bonds is 5. The van der Waals surface area contributed by atoms with E-state index in [-0.39, 0.29) is 12.5 Å². The Labute approximate surface area is 167 Å². The summed E-state index contributed by atoms with van der Waals surface area (Å²) in [6.07, 6.45) is 0. The molecule has 0 aliphatic carbocycles. The molecule has 2 heterocycles. The van der Waals surface area contributed by atoms with E-state index in [1.54, 1.807) is 7.11 Å². The number of hydrogen-bond donors (Lipinski definition) is 0. The number of piperazine rings is 1. The van der Waals surface area contributed by atoms with Crippen molar-refractivity contribution < 1.29 is 9.53 Å². The molecule has 3 rings (SSSR count). The van der Waals surface area contributed by atoms with Crippen LogP contribution in [0.5, 0.6) is 0 Å². The lowest BCUT2D eigenvalue weighted by atomic mass is 10.0. The molecule has 0 bridgehead atoms. The maximum Gasteiger partial charge on any atom is 0.248 e. The molecule has 28 heavy (non-hydrogen) atoms. The summed E-state index contributed by atoms with van der Waals surface area (Å²) < 4.78 is 4.98. The Morgan fingerprint density at radius 3 is 2.46 bits per heavy atom. The van der Waals surface area contributed by atoms with Crippen LogP contribution in [0.4, 0.5) is 5.82 Å². The second-order valence-corrected chi connectivity index (χ2v) is 7.69. The van der Waals surface area contributed by atoms with Gasteiger partial charge in [-0.3, -0.25) is 4.79 Å². The first-order valence-corrected chi connectivity index (χ1v) is 9.88. The molecule has 1 fully saturated rings. The van der Waals surface area contributed by atoms with Crippen LogP contribution in [0.15, 0.2) is 24.3 Å². The molecule has 1 aromatic heterocycles. The van der Waals surface area contributed by atoms with Gasteiger partial charge in [-0.25, -0.2) is 9.97 Å². The van der Waals surface area contributed by atoms with Gasteiger partial charge in [-0.2, -0.15) is 0 Å². The predicted molar refractivity (Wildman–Crippen MR) is 112 cm³/mol. The molecule has 1 saturated heterocycles. The summed E-state index contributed by atoms with van der Waals surface area (Å²) in [6, 6.07) is 8.30. The lowest BCUT2D eigenvalue weighted by Crippen LogP contribution is -2.50. The van der Waals surface area contributed by atoms with E-state index in [4.69, 9.17) is 14.7 Å². The largest absolute Gasteiger partial charge is 0.375 e. The number of carbonyl (C=O) groups is 1. The topological polar surface area (TPSA) is 58.6 Å². The third-order valence-electron chi connectivity index (χ3n) is 5.17. The summed E-state index contributed by atoms with van der Waals surface area (Å²) in [5.41, 5.74) is 4.44. The highest BCUT2D eigenvalue weighted by Crippen LogP contribution is 2.31. The van der Waals surface area contributed by atoms with Crippen molar-refractivity contribution in [3.05, 3.63) is 41.1 Å². The molecule has 0 unspecified atom stereocenters. The van der Waals surface area contributed by atoms with Crippen molar-refractivity contribution in [3.8, 4) is 11.4 Å². The molecular weight excluding hydrogens is 352 g/mol.